The summed E-state index contributed by atoms with van der Waals surface area (Å²) in [6, 6.07) is 6.21. The number of aromatic nitrogens is 4. The van der Waals surface area contributed by atoms with Crippen LogP contribution in [0.5, 0.6) is 0 Å². The van der Waals surface area contributed by atoms with E-state index in [0.29, 0.717) is 16.8 Å². The van der Waals surface area contributed by atoms with Gasteiger partial charge in [-0.05, 0) is 36.2 Å². The molecule has 0 saturated carbocycles. The van der Waals surface area contributed by atoms with E-state index >= 15 is 0 Å². The first-order valence-corrected chi connectivity index (χ1v) is 9.36. The zero-order valence-corrected chi connectivity index (χ0v) is 16.3. The van der Waals surface area contributed by atoms with Crippen LogP contribution in [0.2, 0.25) is 0 Å². The summed E-state index contributed by atoms with van der Waals surface area (Å²) in [7, 11) is 0. The highest BCUT2D eigenvalue weighted by Crippen LogP contribution is 2.39. The second-order valence-corrected chi connectivity index (χ2v) is 7.32. The number of nitrogens with zero attached hydrogens (tertiary/aromatic N) is 3. The molecule has 0 atom stereocenters. The van der Waals surface area contributed by atoms with Gasteiger partial charge >= 0.3 is 0 Å². The standard InChI is InChI=1S/C21H16FN7O2/c1-8-2-3-13-12(7-25-29-13)15(8)18-16(23)19(20(24)31)28-21(27-18)11-6-10(22)4-9-5-14(30)26-17(9)11/h2-4,6-7H,5,23H2,1H3,(H2,24,31)(H,25,29)(H,26,30). The highest BCUT2D eigenvalue weighted by atomic mass is 19.1. The summed E-state index contributed by atoms with van der Waals surface area (Å²) in [6.45, 7) is 1.87. The molecule has 1 aliphatic heterocycles. The molecule has 154 valence electrons. The predicted molar refractivity (Wildman–Crippen MR) is 113 cm³/mol. The Morgan fingerprint density at radius 3 is 2.81 bits per heavy atom. The highest BCUT2D eigenvalue weighted by molar-refractivity contribution is 6.06. The number of fused-ring (bicyclic) bond motifs is 2. The Morgan fingerprint density at radius 2 is 2.03 bits per heavy atom. The van der Waals surface area contributed by atoms with Crippen LogP contribution >= 0.6 is 0 Å². The Kier molecular flexibility index (Phi) is 3.97. The fourth-order valence-electron chi connectivity index (χ4n) is 3.89. The maximum atomic E-state index is 14.3. The van der Waals surface area contributed by atoms with Crippen LogP contribution in [0.1, 0.15) is 21.6 Å². The molecule has 0 aliphatic carbocycles. The molecule has 0 fully saturated rings. The molecule has 2 amide bonds. The fraction of sp³-hybridized carbons (Fsp3) is 0.0952. The molecule has 0 spiro atoms. The Balaban J connectivity index is 1.84. The number of hydrogen-bond acceptors (Lipinski definition) is 6. The van der Waals surface area contributed by atoms with Crippen molar-refractivity contribution in [2.75, 3.05) is 11.1 Å². The first-order valence-electron chi connectivity index (χ1n) is 9.36. The van der Waals surface area contributed by atoms with E-state index in [1.165, 1.54) is 12.1 Å². The van der Waals surface area contributed by atoms with Crippen LogP contribution < -0.4 is 16.8 Å². The number of anilines is 2. The van der Waals surface area contributed by atoms with Gasteiger partial charge in [0.2, 0.25) is 5.91 Å². The van der Waals surface area contributed by atoms with Gasteiger partial charge in [-0.1, -0.05) is 6.07 Å². The lowest BCUT2D eigenvalue weighted by molar-refractivity contribution is -0.115. The van der Waals surface area contributed by atoms with Crippen molar-refractivity contribution in [3.8, 4) is 22.6 Å². The third-order valence-electron chi connectivity index (χ3n) is 5.29. The number of carbonyl (C=O) groups excluding carboxylic acids is 2. The quantitative estimate of drug-likeness (QED) is 0.401. The lowest BCUT2D eigenvalue weighted by Crippen LogP contribution is -2.18. The molecule has 0 unspecified atom stereocenters. The van der Waals surface area contributed by atoms with E-state index in [4.69, 9.17) is 11.5 Å². The van der Waals surface area contributed by atoms with E-state index in [1.807, 2.05) is 19.1 Å². The summed E-state index contributed by atoms with van der Waals surface area (Å²) in [6.07, 6.45) is 1.67. The van der Waals surface area contributed by atoms with Gasteiger partial charge in [0, 0.05) is 16.5 Å². The molecule has 0 saturated heterocycles. The number of nitrogens with one attached hydrogen (secondary N) is 2. The number of nitrogen functional groups attached to an aromatic ring is 1. The first kappa shape index (κ1) is 18.7. The Bertz CT molecular complexity index is 1430. The minimum atomic E-state index is -0.850. The van der Waals surface area contributed by atoms with Crippen LogP contribution in [-0.4, -0.2) is 32.0 Å². The van der Waals surface area contributed by atoms with Gasteiger partial charge in [-0.15, -0.1) is 0 Å². The smallest absolute Gasteiger partial charge is 0.269 e. The molecule has 6 N–H and O–H groups in total. The van der Waals surface area contributed by atoms with Crippen molar-refractivity contribution in [1.82, 2.24) is 20.2 Å². The fourth-order valence-corrected chi connectivity index (χ4v) is 3.89. The van der Waals surface area contributed by atoms with Gasteiger partial charge in [-0.3, -0.25) is 14.7 Å². The normalized spacial score (nSPS) is 12.8. The summed E-state index contributed by atoms with van der Waals surface area (Å²) in [5, 5.41) is 10.4. The summed E-state index contributed by atoms with van der Waals surface area (Å²) in [5.74, 6) is -1.65. The van der Waals surface area contributed by atoms with E-state index in [9.17, 15) is 14.0 Å². The number of primary amides is 1. The van der Waals surface area contributed by atoms with Gasteiger partial charge in [0.05, 0.1) is 35.2 Å². The van der Waals surface area contributed by atoms with Crippen LogP contribution in [0, 0.1) is 12.7 Å². The second-order valence-electron chi connectivity index (χ2n) is 7.32. The van der Waals surface area contributed by atoms with Crippen LogP contribution in [0.15, 0.2) is 30.5 Å². The van der Waals surface area contributed by atoms with E-state index < -0.39 is 11.7 Å². The van der Waals surface area contributed by atoms with Crippen molar-refractivity contribution >= 4 is 34.1 Å². The lowest BCUT2D eigenvalue weighted by atomic mass is 9.98. The molecule has 0 radical (unpaired) electrons. The molecule has 31 heavy (non-hydrogen) atoms. The Hall–Kier alpha value is -4.34. The van der Waals surface area contributed by atoms with Crippen LogP contribution in [-0.2, 0) is 11.2 Å². The van der Waals surface area contributed by atoms with Gasteiger partial charge in [-0.2, -0.15) is 5.10 Å². The monoisotopic (exact) mass is 417 g/mol. The minimum Gasteiger partial charge on any atom is -0.395 e. The number of H-pyrrole nitrogens is 1. The van der Waals surface area contributed by atoms with E-state index in [-0.39, 0.29) is 40.8 Å². The molecule has 10 heteroatoms. The van der Waals surface area contributed by atoms with Crippen molar-refractivity contribution in [3.05, 3.63) is 53.1 Å². The SMILES string of the molecule is Cc1ccc2[nH]ncc2c1-c1nc(-c2cc(F)cc3c2NC(=O)C3)nc(C(N)=O)c1N. The molecule has 2 aromatic heterocycles. The number of halogens is 1. The number of amides is 2. The average molecular weight is 417 g/mol. The van der Waals surface area contributed by atoms with Crippen molar-refractivity contribution in [2.45, 2.75) is 13.3 Å². The summed E-state index contributed by atoms with van der Waals surface area (Å²) >= 11 is 0. The number of benzene rings is 2. The zero-order chi connectivity index (χ0) is 21.9. The van der Waals surface area contributed by atoms with Gasteiger partial charge in [-0.25, -0.2) is 14.4 Å². The largest absolute Gasteiger partial charge is 0.395 e. The molecule has 2 aromatic carbocycles. The minimum absolute atomic E-state index is 0.00475. The average Bonchev–Trinajstić information content (AvgIpc) is 3.33. The lowest BCUT2D eigenvalue weighted by Gasteiger charge is -2.15. The molecular formula is C21H16FN7O2. The Labute approximate surface area is 174 Å². The summed E-state index contributed by atoms with van der Waals surface area (Å²) in [4.78, 5) is 32.8. The van der Waals surface area contributed by atoms with Crippen molar-refractivity contribution in [3.63, 3.8) is 0 Å². The van der Waals surface area contributed by atoms with Gasteiger partial charge in [0.1, 0.15) is 5.82 Å². The molecule has 3 heterocycles. The number of hydrogen-bond donors (Lipinski definition) is 4. The third kappa shape index (κ3) is 2.88. The number of aryl methyl sites for hydroxylation is 1. The Morgan fingerprint density at radius 1 is 1.23 bits per heavy atom. The number of nitrogens with two attached hydrogens (primary N) is 2. The van der Waals surface area contributed by atoms with Crippen molar-refractivity contribution in [2.24, 2.45) is 5.73 Å². The van der Waals surface area contributed by atoms with E-state index in [0.717, 1.165) is 16.5 Å². The number of rotatable bonds is 3. The maximum absolute atomic E-state index is 14.3. The predicted octanol–water partition coefficient (Wildman–Crippen LogP) is 2.31. The van der Waals surface area contributed by atoms with Gasteiger partial charge in [0.15, 0.2) is 11.5 Å². The molecular weight excluding hydrogens is 401 g/mol. The summed E-state index contributed by atoms with van der Waals surface area (Å²) in [5.41, 5.74) is 15.2. The summed E-state index contributed by atoms with van der Waals surface area (Å²) < 4.78 is 14.3. The van der Waals surface area contributed by atoms with Crippen molar-refractivity contribution in [1.29, 1.82) is 0 Å². The van der Waals surface area contributed by atoms with Gasteiger partial charge in [0.25, 0.3) is 5.91 Å². The zero-order valence-electron chi connectivity index (χ0n) is 16.3. The topological polar surface area (TPSA) is 153 Å². The second kappa shape index (κ2) is 6.59. The van der Waals surface area contributed by atoms with Crippen LogP contribution in [0.3, 0.4) is 0 Å². The molecule has 1 aliphatic rings. The number of carbonyl (C=O) groups is 2. The molecule has 5 rings (SSSR count). The van der Waals surface area contributed by atoms with Gasteiger partial charge < -0.3 is 16.8 Å². The maximum Gasteiger partial charge on any atom is 0.269 e. The highest BCUT2D eigenvalue weighted by Gasteiger charge is 2.27. The number of aromatic amines is 1. The van der Waals surface area contributed by atoms with Crippen molar-refractivity contribution < 1.29 is 14.0 Å². The van der Waals surface area contributed by atoms with Crippen LogP contribution in [0.4, 0.5) is 15.8 Å². The third-order valence-corrected chi connectivity index (χ3v) is 5.29. The van der Waals surface area contributed by atoms with Crippen LogP contribution in [0.25, 0.3) is 33.5 Å². The molecule has 0 bridgehead atoms. The van der Waals surface area contributed by atoms with E-state index in [1.54, 1.807) is 6.20 Å². The van der Waals surface area contributed by atoms with E-state index in [2.05, 4.69) is 25.5 Å². The molecule has 9 nitrogen and oxygen atoms in total. The molecule has 4 aromatic rings. The first-order chi connectivity index (χ1) is 14.8.